The molecule has 0 bridgehead atoms. The average Bonchev–Trinajstić information content (AvgIpc) is 2.95. The molecule has 3 rings (SSSR count). The van der Waals surface area contributed by atoms with Crippen LogP contribution in [0.2, 0.25) is 0 Å². The largest absolute Gasteiger partial charge is 0.508 e. The fourth-order valence-electron chi connectivity index (χ4n) is 2.99. The lowest BCUT2D eigenvalue weighted by Crippen LogP contribution is -2.32. The van der Waals surface area contributed by atoms with Crippen LogP contribution < -0.4 is 15.2 Å². The number of nitrogens with two attached hydrogens (primary N) is 1. The predicted octanol–water partition coefficient (Wildman–Crippen LogP) is 1.89. The SMILES string of the molecule is NCC1(c2cc3c(cc2O)OCO3)CCCC1. The summed E-state index contributed by atoms with van der Waals surface area (Å²) < 4.78 is 10.6. The maximum Gasteiger partial charge on any atom is 0.231 e. The molecule has 17 heavy (non-hydrogen) atoms. The minimum Gasteiger partial charge on any atom is -0.508 e. The van der Waals surface area contributed by atoms with E-state index in [1.165, 1.54) is 12.8 Å². The van der Waals surface area contributed by atoms with Gasteiger partial charge in [-0.05, 0) is 18.9 Å². The molecule has 1 heterocycles. The van der Waals surface area contributed by atoms with E-state index < -0.39 is 0 Å². The van der Waals surface area contributed by atoms with E-state index in [4.69, 9.17) is 15.2 Å². The van der Waals surface area contributed by atoms with E-state index in [1.54, 1.807) is 6.07 Å². The fourth-order valence-corrected chi connectivity index (χ4v) is 2.99. The zero-order chi connectivity index (χ0) is 11.9. The third kappa shape index (κ3) is 1.55. The van der Waals surface area contributed by atoms with Crippen molar-refractivity contribution in [3.8, 4) is 17.2 Å². The Balaban J connectivity index is 2.07. The van der Waals surface area contributed by atoms with Gasteiger partial charge in [0.25, 0.3) is 0 Å². The first kappa shape index (κ1) is 10.7. The maximum atomic E-state index is 10.1. The molecule has 4 heteroatoms. The molecule has 1 fully saturated rings. The molecule has 1 aliphatic heterocycles. The van der Waals surface area contributed by atoms with Crippen molar-refractivity contribution in [3.05, 3.63) is 17.7 Å². The van der Waals surface area contributed by atoms with E-state index in [2.05, 4.69) is 0 Å². The number of benzene rings is 1. The second kappa shape index (κ2) is 3.81. The molecule has 2 aliphatic rings. The predicted molar refractivity (Wildman–Crippen MR) is 63.4 cm³/mol. The lowest BCUT2D eigenvalue weighted by molar-refractivity contribution is 0.174. The van der Waals surface area contributed by atoms with Crippen molar-refractivity contribution in [2.75, 3.05) is 13.3 Å². The topological polar surface area (TPSA) is 64.7 Å². The highest BCUT2D eigenvalue weighted by Gasteiger charge is 2.37. The Morgan fingerprint density at radius 1 is 1.18 bits per heavy atom. The van der Waals surface area contributed by atoms with Crippen molar-refractivity contribution in [1.29, 1.82) is 0 Å². The van der Waals surface area contributed by atoms with Crippen LogP contribution in [0.25, 0.3) is 0 Å². The Morgan fingerprint density at radius 2 is 1.82 bits per heavy atom. The molecule has 1 aromatic rings. The van der Waals surface area contributed by atoms with Gasteiger partial charge in [0.15, 0.2) is 11.5 Å². The summed E-state index contributed by atoms with van der Waals surface area (Å²) >= 11 is 0. The van der Waals surface area contributed by atoms with Crippen LogP contribution in [-0.4, -0.2) is 18.4 Å². The Morgan fingerprint density at radius 3 is 2.47 bits per heavy atom. The molecule has 92 valence electrons. The summed E-state index contributed by atoms with van der Waals surface area (Å²) in [5.41, 5.74) is 6.77. The summed E-state index contributed by atoms with van der Waals surface area (Å²) in [6, 6.07) is 3.54. The van der Waals surface area contributed by atoms with E-state index in [0.717, 1.165) is 24.2 Å². The number of aromatic hydroxyl groups is 1. The molecule has 0 atom stereocenters. The van der Waals surface area contributed by atoms with E-state index in [0.29, 0.717) is 12.3 Å². The van der Waals surface area contributed by atoms with Gasteiger partial charge in [-0.15, -0.1) is 0 Å². The molecule has 0 spiro atoms. The van der Waals surface area contributed by atoms with Gasteiger partial charge in [-0.2, -0.15) is 0 Å². The fraction of sp³-hybridized carbons (Fsp3) is 0.538. The number of phenols is 1. The van der Waals surface area contributed by atoms with Crippen molar-refractivity contribution in [2.24, 2.45) is 5.73 Å². The minimum absolute atomic E-state index is 0.0783. The van der Waals surface area contributed by atoms with Crippen molar-refractivity contribution < 1.29 is 14.6 Å². The molecular formula is C13H17NO3. The molecule has 0 saturated heterocycles. The Bertz CT molecular complexity index is 439. The average molecular weight is 235 g/mol. The van der Waals surface area contributed by atoms with Crippen molar-refractivity contribution in [1.82, 2.24) is 0 Å². The van der Waals surface area contributed by atoms with Gasteiger partial charge in [-0.3, -0.25) is 0 Å². The Labute approximate surface area is 100 Å². The molecule has 0 aromatic heterocycles. The van der Waals surface area contributed by atoms with Crippen LogP contribution in [0.4, 0.5) is 0 Å². The van der Waals surface area contributed by atoms with Crippen LogP contribution in [0.5, 0.6) is 17.2 Å². The smallest absolute Gasteiger partial charge is 0.231 e. The first-order chi connectivity index (χ1) is 8.25. The van der Waals surface area contributed by atoms with Crippen molar-refractivity contribution in [2.45, 2.75) is 31.1 Å². The van der Waals surface area contributed by atoms with Gasteiger partial charge in [-0.25, -0.2) is 0 Å². The maximum absolute atomic E-state index is 10.1. The van der Waals surface area contributed by atoms with E-state index in [1.807, 2.05) is 6.07 Å². The monoisotopic (exact) mass is 235 g/mol. The van der Waals surface area contributed by atoms with Crippen LogP contribution in [0.15, 0.2) is 12.1 Å². The lowest BCUT2D eigenvalue weighted by atomic mass is 9.78. The van der Waals surface area contributed by atoms with Crippen LogP contribution in [-0.2, 0) is 5.41 Å². The van der Waals surface area contributed by atoms with Gasteiger partial charge in [-0.1, -0.05) is 12.8 Å². The molecular weight excluding hydrogens is 218 g/mol. The molecule has 0 radical (unpaired) electrons. The number of phenolic OH excluding ortho intramolecular Hbond substituents is 1. The Kier molecular flexibility index (Phi) is 2.40. The van der Waals surface area contributed by atoms with Gasteiger partial charge in [0.2, 0.25) is 6.79 Å². The number of hydrogen-bond donors (Lipinski definition) is 2. The quantitative estimate of drug-likeness (QED) is 0.821. The standard InChI is InChI=1S/C13H17NO3/c14-7-13(3-1-2-4-13)9-5-11-12(6-10(9)15)17-8-16-11/h5-6,15H,1-4,7-8,14H2. The number of ether oxygens (including phenoxy) is 2. The first-order valence-corrected chi connectivity index (χ1v) is 6.08. The molecule has 4 nitrogen and oxygen atoms in total. The van der Waals surface area contributed by atoms with Crippen LogP contribution in [0.1, 0.15) is 31.2 Å². The zero-order valence-electron chi connectivity index (χ0n) is 9.74. The van der Waals surface area contributed by atoms with Gasteiger partial charge < -0.3 is 20.3 Å². The van der Waals surface area contributed by atoms with E-state index in [9.17, 15) is 5.11 Å². The summed E-state index contributed by atoms with van der Waals surface area (Å²) in [6.07, 6.45) is 4.42. The summed E-state index contributed by atoms with van der Waals surface area (Å²) in [5.74, 6) is 1.62. The third-order valence-corrected chi connectivity index (χ3v) is 4.01. The summed E-state index contributed by atoms with van der Waals surface area (Å²) in [5, 5.41) is 10.1. The normalized spacial score (nSPS) is 20.8. The van der Waals surface area contributed by atoms with Crippen LogP contribution in [0.3, 0.4) is 0 Å². The van der Waals surface area contributed by atoms with Crippen LogP contribution in [0, 0.1) is 0 Å². The van der Waals surface area contributed by atoms with Crippen molar-refractivity contribution >= 4 is 0 Å². The first-order valence-electron chi connectivity index (χ1n) is 6.08. The van der Waals surface area contributed by atoms with E-state index >= 15 is 0 Å². The van der Waals surface area contributed by atoms with Crippen LogP contribution >= 0.6 is 0 Å². The highest BCUT2D eigenvalue weighted by atomic mass is 16.7. The minimum atomic E-state index is -0.0783. The summed E-state index contributed by atoms with van der Waals surface area (Å²) in [4.78, 5) is 0. The number of rotatable bonds is 2. The molecule has 0 amide bonds. The highest BCUT2D eigenvalue weighted by molar-refractivity contribution is 5.54. The third-order valence-electron chi connectivity index (χ3n) is 4.01. The Hall–Kier alpha value is -1.42. The second-order valence-corrected chi connectivity index (χ2v) is 4.91. The number of fused-ring (bicyclic) bond motifs is 1. The summed E-state index contributed by atoms with van der Waals surface area (Å²) in [6.45, 7) is 0.800. The molecule has 1 aromatic carbocycles. The number of hydrogen-bond acceptors (Lipinski definition) is 4. The van der Waals surface area contributed by atoms with Gasteiger partial charge in [0, 0.05) is 23.6 Å². The molecule has 3 N–H and O–H groups in total. The van der Waals surface area contributed by atoms with Gasteiger partial charge in [0.1, 0.15) is 5.75 Å². The van der Waals surface area contributed by atoms with Crippen molar-refractivity contribution in [3.63, 3.8) is 0 Å². The zero-order valence-corrected chi connectivity index (χ0v) is 9.74. The molecule has 0 unspecified atom stereocenters. The molecule has 1 aliphatic carbocycles. The summed E-state index contributed by atoms with van der Waals surface area (Å²) in [7, 11) is 0. The second-order valence-electron chi connectivity index (χ2n) is 4.91. The van der Waals surface area contributed by atoms with Gasteiger partial charge >= 0.3 is 0 Å². The highest BCUT2D eigenvalue weighted by Crippen LogP contribution is 2.48. The van der Waals surface area contributed by atoms with E-state index in [-0.39, 0.29) is 18.0 Å². The molecule has 1 saturated carbocycles. The van der Waals surface area contributed by atoms with Gasteiger partial charge in [0.05, 0.1) is 0 Å². The lowest BCUT2D eigenvalue weighted by Gasteiger charge is -2.28.